The van der Waals surface area contributed by atoms with Crippen LogP contribution < -0.4 is 10.6 Å². The molecular formula is C19H28Br2N2O6. The quantitative estimate of drug-likeness (QED) is 0.282. The number of hydrogen-bond donors (Lipinski definition) is 7. The molecule has 1 aromatic rings. The summed E-state index contributed by atoms with van der Waals surface area (Å²) in [6.07, 6.45) is -1.18. The highest BCUT2D eigenvalue weighted by molar-refractivity contribution is 9.11. The number of ether oxygens (including phenoxy) is 1. The van der Waals surface area contributed by atoms with Crippen LogP contribution in [0.3, 0.4) is 0 Å². The summed E-state index contributed by atoms with van der Waals surface area (Å²) in [7, 11) is 0. The number of nitrogens with one attached hydrogen (secondary N) is 2. The second-order valence-corrected chi connectivity index (χ2v) is 9.59. The van der Waals surface area contributed by atoms with Gasteiger partial charge >= 0.3 is 0 Å². The second-order valence-electron chi connectivity index (χ2n) is 7.82. The summed E-state index contributed by atoms with van der Waals surface area (Å²) in [5.74, 6) is -2.03. The molecule has 1 aliphatic carbocycles. The molecule has 0 radical (unpaired) electrons. The van der Waals surface area contributed by atoms with Crippen LogP contribution in [-0.4, -0.2) is 74.9 Å². The molecule has 0 aromatic heterocycles. The first kappa shape index (κ1) is 23.4. The fourth-order valence-electron chi connectivity index (χ4n) is 3.76. The van der Waals surface area contributed by atoms with E-state index in [0.29, 0.717) is 12.6 Å². The van der Waals surface area contributed by atoms with Crippen LogP contribution in [0.2, 0.25) is 0 Å². The van der Waals surface area contributed by atoms with Crippen LogP contribution in [0.15, 0.2) is 21.1 Å². The van der Waals surface area contributed by atoms with Crippen molar-refractivity contribution < 1.29 is 30.3 Å². The molecule has 3 rings (SSSR count). The molecule has 29 heavy (non-hydrogen) atoms. The lowest BCUT2D eigenvalue weighted by atomic mass is 9.93. The van der Waals surface area contributed by atoms with Gasteiger partial charge in [-0.15, -0.1) is 0 Å². The van der Waals surface area contributed by atoms with E-state index >= 15 is 0 Å². The van der Waals surface area contributed by atoms with Crippen molar-refractivity contribution in [1.82, 2.24) is 5.32 Å². The predicted octanol–water partition coefficient (Wildman–Crippen LogP) is 0.818. The van der Waals surface area contributed by atoms with E-state index in [-0.39, 0.29) is 19.3 Å². The lowest BCUT2D eigenvalue weighted by Gasteiger charge is -2.41. The van der Waals surface area contributed by atoms with Gasteiger partial charge in [0.1, 0.15) is 18.3 Å². The third-order valence-electron chi connectivity index (χ3n) is 5.62. The predicted molar refractivity (Wildman–Crippen MR) is 114 cm³/mol. The molecule has 10 heteroatoms. The zero-order valence-electron chi connectivity index (χ0n) is 15.9. The van der Waals surface area contributed by atoms with E-state index in [0.717, 1.165) is 45.9 Å². The number of benzene rings is 1. The summed E-state index contributed by atoms with van der Waals surface area (Å²) >= 11 is 7.01. The Kier molecular flexibility index (Phi) is 7.96. The summed E-state index contributed by atoms with van der Waals surface area (Å²) < 4.78 is 6.87. The van der Waals surface area contributed by atoms with Crippen molar-refractivity contribution in [3.63, 3.8) is 0 Å². The Bertz CT molecular complexity index is 704. The highest BCUT2D eigenvalue weighted by atomic mass is 79.9. The Hall–Kier alpha value is -0.300. The number of rotatable bonds is 6. The minimum Gasteiger partial charge on any atom is -0.393 e. The molecule has 0 amide bonds. The van der Waals surface area contributed by atoms with Gasteiger partial charge in [0.15, 0.2) is 0 Å². The lowest BCUT2D eigenvalue weighted by molar-refractivity contribution is -0.313. The maximum absolute atomic E-state index is 10.6. The van der Waals surface area contributed by atoms with Crippen molar-refractivity contribution in [3.05, 3.63) is 26.6 Å². The van der Waals surface area contributed by atoms with Crippen LogP contribution >= 0.6 is 31.9 Å². The molecule has 1 saturated heterocycles. The van der Waals surface area contributed by atoms with E-state index in [4.69, 9.17) is 4.74 Å². The first-order valence-corrected chi connectivity index (χ1v) is 11.3. The van der Waals surface area contributed by atoms with Gasteiger partial charge in [-0.1, -0.05) is 15.9 Å². The third-order valence-corrected chi connectivity index (χ3v) is 6.70. The molecule has 1 heterocycles. The number of halogens is 2. The molecule has 1 aromatic carbocycles. The number of anilines is 1. The van der Waals surface area contributed by atoms with Crippen molar-refractivity contribution in [2.75, 3.05) is 18.5 Å². The summed E-state index contributed by atoms with van der Waals surface area (Å²) in [6.45, 7) is 0.116. The van der Waals surface area contributed by atoms with Gasteiger partial charge in [-0.05, 0) is 59.3 Å². The maximum Gasteiger partial charge on any atom is 0.212 e. The minimum absolute atomic E-state index is 0.180. The molecule has 2 fully saturated rings. The SMILES string of the molecule is OC1CCC(NCc2cc(Br)cc(Br)c2NC[C@@]2(O)OC[C@@H](O)[C@H](O)[C@@H]2O)CC1. The Morgan fingerprint density at radius 2 is 1.76 bits per heavy atom. The van der Waals surface area contributed by atoms with E-state index in [1.165, 1.54) is 0 Å². The van der Waals surface area contributed by atoms with E-state index in [1.807, 2.05) is 12.1 Å². The van der Waals surface area contributed by atoms with Gasteiger partial charge in [-0.25, -0.2) is 0 Å². The molecule has 2 aliphatic rings. The van der Waals surface area contributed by atoms with Gasteiger partial charge in [-0.2, -0.15) is 0 Å². The fraction of sp³-hybridized carbons (Fsp3) is 0.684. The zero-order chi connectivity index (χ0) is 21.2. The van der Waals surface area contributed by atoms with Crippen LogP contribution in [0.4, 0.5) is 5.69 Å². The average molecular weight is 540 g/mol. The Balaban J connectivity index is 1.68. The van der Waals surface area contributed by atoms with E-state index in [2.05, 4.69) is 42.5 Å². The normalized spacial score (nSPS) is 35.5. The molecule has 0 spiro atoms. The summed E-state index contributed by atoms with van der Waals surface area (Å²) in [5.41, 5.74) is 1.66. The largest absolute Gasteiger partial charge is 0.393 e. The van der Waals surface area contributed by atoms with Gasteiger partial charge in [0, 0.05) is 21.5 Å². The summed E-state index contributed by atoms with van der Waals surface area (Å²) in [6, 6.07) is 4.15. The smallest absolute Gasteiger partial charge is 0.212 e. The van der Waals surface area contributed by atoms with Gasteiger partial charge in [0.2, 0.25) is 5.79 Å². The van der Waals surface area contributed by atoms with Crippen LogP contribution in [0, 0.1) is 0 Å². The fourth-order valence-corrected chi connectivity index (χ4v) is 5.21. The minimum atomic E-state index is -2.03. The van der Waals surface area contributed by atoms with E-state index in [1.54, 1.807) is 0 Å². The van der Waals surface area contributed by atoms with Crippen LogP contribution in [0.25, 0.3) is 0 Å². The van der Waals surface area contributed by atoms with Gasteiger partial charge in [0.05, 0.1) is 24.9 Å². The average Bonchev–Trinajstić information content (AvgIpc) is 2.68. The lowest BCUT2D eigenvalue weighted by Crippen LogP contribution is -2.63. The zero-order valence-corrected chi connectivity index (χ0v) is 19.1. The number of aliphatic hydroxyl groups is 5. The van der Waals surface area contributed by atoms with E-state index < -0.39 is 24.1 Å². The van der Waals surface area contributed by atoms with Crippen LogP contribution in [0.5, 0.6) is 0 Å². The van der Waals surface area contributed by atoms with Crippen molar-refractivity contribution in [1.29, 1.82) is 0 Å². The number of hydrogen-bond acceptors (Lipinski definition) is 8. The van der Waals surface area contributed by atoms with Gasteiger partial charge in [-0.3, -0.25) is 0 Å². The maximum atomic E-state index is 10.6. The van der Waals surface area contributed by atoms with Crippen LogP contribution in [-0.2, 0) is 11.3 Å². The monoisotopic (exact) mass is 538 g/mol. The molecule has 1 aliphatic heterocycles. The van der Waals surface area contributed by atoms with Crippen LogP contribution in [0.1, 0.15) is 31.2 Å². The highest BCUT2D eigenvalue weighted by Crippen LogP contribution is 2.33. The topological polar surface area (TPSA) is 134 Å². The standard InChI is InChI=1S/C19H28Br2N2O6/c20-11-5-10(7-22-12-1-3-13(24)4-2-12)16(14(21)6-11)23-9-19(28)18(27)17(26)15(25)8-29-19/h5-6,12-13,15,17-18,22-28H,1-4,7-9H2/t12?,13?,15-,17+,18+,19-/m1/s1. The Morgan fingerprint density at radius 1 is 1.07 bits per heavy atom. The van der Waals surface area contributed by atoms with Crippen molar-refractivity contribution in [3.8, 4) is 0 Å². The van der Waals surface area contributed by atoms with Crippen molar-refractivity contribution in [2.45, 2.75) is 68.5 Å². The summed E-state index contributed by atoms with van der Waals surface area (Å²) in [5, 5.41) is 56.5. The van der Waals surface area contributed by atoms with Gasteiger partial charge in [0.25, 0.3) is 0 Å². The first-order chi connectivity index (χ1) is 13.7. The van der Waals surface area contributed by atoms with Crippen molar-refractivity contribution in [2.24, 2.45) is 0 Å². The van der Waals surface area contributed by atoms with Gasteiger partial charge < -0.3 is 40.9 Å². The molecule has 1 saturated carbocycles. The first-order valence-electron chi connectivity index (χ1n) is 9.73. The molecular weight excluding hydrogens is 512 g/mol. The second kappa shape index (κ2) is 9.88. The molecule has 4 atom stereocenters. The van der Waals surface area contributed by atoms with E-state index in [9.17, 15) is 25.5 Å². The molecule has 8 nitrogen and oxygen atoms in total. The Labute approximate surface area is 186 Å². The Morgan fingerprint density at radius 3 is 2.45 bits per heavy atom. The van der Waals surface area contributed by atoms with Crippen molar-refractivity contribution >= 4 is 37.5 Å². The molecule has 0 bridgehead atoms. The molecule has 164 valence electrons. The highest BCUT2D eigenvalue weighted by Gasteiger charge is 2.48. The third kappa shape index (κ3) is 5.69. The molecule has 0 unspecified atom stereocenters. The summed E-state index contributed by atoms with van der Waals surface area (Å²) in [4.78, 5) is 0. The molecule has 7 N–H and O–H groups in total. The number of aliphatic hydroxyl groups excluding tert-OH is 4.